The van der Waals surface area contributed by atoms with Crippen molar-refractivity contribution in [2.75, 3.05) is 0 Å². The van der Waals surface area contributed by atoms with Gasteiger partial charge in [-0.05, 0) is 24.3 Å². The van der Waals surface area contributed by atoms with E-state index in [4.69, 9.17) is 0 Å². The number of aromatic amines is 1. The van der Waals surface area contributed by atoms with E-state index in [1.54, 1.807) is 24.4 Å². The number of pyridine rings is 1. The van der Waals surface area contributed by atoms with Crippen LogP contribution in [-0.4, -0.2) is 14.5 Å². The van der Waals surface area contributed by atoms with Crippen molar-refractivity contribution >= 4 is 37.6 Å². The standard InChI is InChI=1S/C18H9BrF3N3O2/c19-12-3-1-2-9-7-23-8-14(15(9)12)25-16(26)11-6-10(18(20,21)22)4-5-13(11)24-17(25)27/h1-8H,(H,24,27). The molecule has 9 heteroatoms. The van der Waals surface area contributed by atoms with Gasteiger partial charge in [-0.3, -0.25) is 9.78 Å². The molecule has 0 amide bonds. The number of benzene rings is 2. The largest absolute Gasteiger partial charge is 0.416 e. The summed E-state index contributed by atoms with van der Waals surface area (Å²) in [6, 6.07) is 7.87. The number of H-pyrrole nitrogens is 1. The van der Waals surface area contributed by atoms with Crippen LogP contribution in [0, 0.1) is 0 Å². The summed E-state index contributed by atoms with van der Waals surface area (Å²) in [4.78, 5) is 31.9. The predicted molar refractivity (Wildman–Crippen MR) is 98.2 cm³/mol. The molecule has 0 atom stereocenters. The van der Waals surface area contributed by atoms with E-state index >= 15 is 0 Å². The van der Waals surface area contributed by atoms with Gasteiger partial charge in [-0.25, -0.2) is 9.36 Å². The quantitative estimate of drug-likeness (QED) is 0.491. The SMILES string of the molecule is O=c1[nH]c2ccc(C(F)(F)F)cc2c(=O)n1-c1cncc2cccc(Br)c12. The molecule has 5 nitrogen and oxygen atoms in total. The van der Waals surface area contributed by atoms with Crippen LogP contribution in [0.2, 0.25) is 0 Å². The lowest BCUT2D eigenvalue weighted by Gasteiger charge is -2.12. The van der Waals surface area contributed by atoms with E-state index in [2.05, 4.69) is 25.9 Å². The average Bonchev–Trinajstić information content (AvgIpc) is 2.61. The van der Waals surface area contributed by atoms with Crippen molar-refractivity contribution in [3.05, 3.63) is 79.7 Å². The van der Waals surface area contributed by atoms with E-state index in [0.717, 1.165) is 22.8 Å². The van der Waals surface area contributed by atoms with Crippen LogP contribution in [0.1, 0.15) is 5.56 Å². The second-order valence-corrected chi connectivity index (χ2v) is 6.68. The molecule has 4 rings (SSSR count). The number of nitrogens with zero attached hydrogens (tertiary/aromatic N) is 2. The van der Waals surface area contributed by atoms with Crippen LogP contribution in [0.3, 0.4) is 0 Å². The molecule has 136 valence electrons. The molecule has 2 aromatic heterocycles. The minimum Gasteiger partial charge on any atom is -0.306 e. The van der Waals surface area contributed by atoms with Gasteiger partial charge >= 0.3 is 11.9 Å². The molecular weight excluding hydrogens is 427 g/mol. The molecule has 0 aliphatic rings. The van der Waals surface area contributed by atoms with E-state index in [9.17, 15) is 22.8 Å². The van der Waals surface area contributed by atoms with Gasteiger partial charge in [0.2, 0.25) is 0 Å². The summed E-state index contributed by atoms with van der Waals surface area (Å²) >= 11 is 3.38. The summed E-state index contributed by atoms with van der Waals surface area (Å²) < 4.78 is 40.5. The molecule has 0 radical (unpaired) electrons. The van der Waals surface area contributed by atoms with Crippen molar-refractivity contribution in [3.63, 3.8) is 0 Å². The number of rotatable bonds is 1. The second kappa shape index (κ2) is 6.05. The first kappa shape index (κ1) is 17.5. The van der Waals surface area contributed by atoms with Gasteiger partial charge in [0.1, 0.15) is 0 Å². The Bertz CT molecular complexity index is 1320. The molecule has 0 fully saturated rings. The van der Waals surface area contributed by atoms with Crippen LogP contribution < -0.4 is 11.2 Å². The van der Waals surface area contributed by atoms with E-state index < -0.39 is 23.0 Å². The van der Waals surface area contributed by atoms with Crippen molar-refractivity contribution in [3.8, 4) is 5.69 Å². The molecule has 0 aliphatic heterocycles. The summed E-state index contributed by atoms with van der Waals surface area (Å²) in [7, 11) is 0. The highest BCUT2D eigenvalue weighted by Gasteiger charge is 2.31. The maximum atomic E-state index is 13.0. The normalized spacial score (nSPS) is 12.0. The highest BCUT2D eigenvalue weighted by atomic mass is 79.9. The number of aromatic nitrogens is 3. The fraction of sp³-hybridized carbons (Fsp3) is 0.0556. The maximum absolute atomic E-state index is 13.0. The van der Waals surface area contributed by atoms with Crippen LogP contribution in [-0.2, 0) is 6.18 Å². The monoisotopic (exact) mass is 435 g/mol. The van der Waals surface area contributed by atoms with Crippen molar-refractivity contribution in [2.24, 2.45) is 0 Å². The van der Waals surface area contributed by atoms with Crippen LogP contribution in [0.4, 0.5) is 13.2 Å². The van der Waals surface area contributed by atoms with Gasteiger partial charge in [-0.1, -0.05) is 28.1 Å². The molecule has 0 saturated carbocycles. The van der Waals surface area contributed by atoms with Gasteiger partial charge in [-0.2, -0.15) is 13.2 Å². The van der Waals surface area contributed by atoms with Crippen LogP contribution in [0.15, 0.2) is 62.9 Å². The van der Waals surface area contributed by atoms with Crippen molar-refractivity contribution in [1.82, 2.24) is 14.5 Å². The number of halogens is 4. The Hall–Kier alpha value is -2.94. The Morgan fingerprint density at radius 1 is 1.07 bits per heavy atom. The van der Waals surface area contributed by atoms with E-state index in [1.807, 2.05) is 0 Å². The molecule has 0 unspecified atom stereocenters. The summed E-state index contributed by atoms with van der Waals surface area (Å²) in [5, 5.41) is 0.970. The fourth-order valence-corrected chi connectivity index (χ4v) is 3.53. The van der Waals surface area contributed by atoms with Crippen molar-refractivity contribution in [2.45, 2.75) is 6.18 Å². The lowest BCUT2D eigenvalue weighted by atomic mass is 10.1. The number of hydrogen-bond donors (Lipinski definition) is 1. The van der Waals surface area contributed by atoms with E-state index in [0.29, 0.717) is 15.2 Å². The zero-order valence-corrected chi connectivity index (χ0v) is 14.9. The number of alkyl halides is 3. The van der Waals surface area contributed by atoms with Gasteiger partial charge in [0.15, 0.2) is 0 Å². The van der Waals surface area contributed by atoms with Gasteiger partial charge in [0, 0.05) is 21.4 Å². The predicted octanol–water partition coefficient (Wildman–Crippen LogP) is 4.01. The van der Waals surface area contributed by atoms with Gasteiger partial charge in [0.25, 0.3) is 5.56 Å². The third kappa shape index (κ3) is 2.84. The first-order valence-electron chi connectivity index (χ1n) is 7.66. The van der Waals surface area contributed by atoms with Gasteiger partial charge in [-0.15, -0.1) is 0 Å². The molecule has 2 aromatic carbocycles. The van der Waals surface area contributed by atoms with Crippen molar-refractivity contribution in [1.29, 1.82) is 0 Å². The molecular formula is C18H9BrF3N3O2. The Morgan fingerprint density at radius 3 is 2.59 bits per heavy atom. The van der Waals surface area contributed by atoms with E-state index in [-0.39, 0.29) is 16.6 Å². The smallest absolute Gasteiger partial charge is 0.306 e. The minimum atomic E-state index is -4.61. The topological polar surface area (TPSA) is 67.8 Å². The molecule has 0 spiro atoms. The second-order valence-electron chi connectivity index (χ2n) is 5.83. The van der Waals surface area contributed by atoms with Gasteiger partial charge < -0.3 is 4.98 Å². The zero-order valence-electron chi connectivity index (χ0n) is 13.3. The first-order chi connectivity index (χ1) is 12.8. The third-order valence-electron chi connectivity index (χ3n) is 4.18. The number of hydrogen-bond acceptors (Lipinski definition) is 3. The number of nitrogens with one attached hydrogen (secondary N) is 1. The molecule has 27 heavy (non-hydrogen) atoms. The van der Waals surface area contributed by atoms with Gasteiger partial charge in [0.05, 0.1) is 28.4 Å². The van der Waals surface area contributed by atoms with Crippen LogP contribution >= 0.6 is 15.9 Å². The first-order valence-corrected chi connectivity index (χ1v) is 8.45. The summed E-state index contributed by atoms with van der Waals surface area (Å²) in [6.07, 6.45) is -1.72. The highest BCUT2D eigenvalue weighted by Crippen LogP contribution is 2.31. The molecule has 2 heterocycles. The highest BCUT2D eigenvalue weighted by molar-refractivity contribution is 9.10. The molecule has 0 saturated heterocycles. The van der Waals surface area contributed by atoms with Crippen molar-refractivity contribution < 1.29 is 13.2 Å². The third-order valence-corrected chi connectivity index (χ3v) is 4.84. The zero-order chi connectivity index (χ0) is 19.3. The Labute approximate surface area is 157 Å². The molecule has 4 aromatic rings. The Balaban J connectivity index is 2.12. The van der Waals surface area contributed by atoms with Crippen LogP contribution in [0.5, 0.6) is 0 Å². The summed E-state index contributed by atoms with van der Waals surface area (Å²) in [5.41, 5.74) is -2.39. The lowest BCUT2D eigenvalue weighted by Crippen LogP contribution is -2.34. The summed E-state index contributed by atoms with van der Waals surface area (Å²) in [6.45, 7) is 0. The molecule has 0 aliphatic carbocycles. The maximum Gasteiger partial charge on any atom is 0.416 e. The average molecular weight is 436 g/mol. The fourth-order valence-electron chi connectivity index (χ4n) is 2.95. The minimum absolute atomic E-state index is 0.0292. The Kier molecular flexibility index (Phi) is 3.92. The van der Waals surface area contributed by atoms with E-state index in [1.165, 1.54) is 6.20 Å². The summed E-state index contributed by atoms with van der Waals surface area (Å²) in [5.74, 6) is 0. The molecule has 1 N–H and O–H groups in total. The lowest BCUT2D eigenvalue weighted by molar-refractivity contribution is -0.137. The number of fused-ring (bicyclic) bond motifs is 2. The van der Waals surface area contributed by atoms with Crippen LogP contribution in [0.25, 0.3) is 27.4 Å². The molecule has 0 bridgehead atoms. The Morgan fingerprint density at radius 2 is 1.85 bits per heavy atom.